The summed E-state index contributed by atoms with van der Waals surface area (Å²) in [7, 11) is 2.33. The Kier molecular flexibility index (Phi) is 5.64. The number of nitrogens with two attached hydrogens (primary N) is 1. The molecule has 2 atom stereocenters. The fraction of sp³-hybridized carbons (Fsp3) is 1.00. The molecule has 2 fully saturated rings. The molecular weight excluding hydrogens is 228 g/mol. The van der Waals surface area contributed by atoms with Gasteiger partial charge in [0.1, 0.15) is 0 Å². The summed E-state index contributed by atoms with van der Waals surface area (Å²) in [4.78, 5) is 2.64. The first-order valence-electron chi connectivity index (χ1n) is 7.32. The Morgan fingerprint density at radius 3 is 2.41 bits per heavy atom. The van der Waals surface area contributed by atoms with Gasteiger partial charge < -0.3 is 5.73 Å². The van der Waals surface area contributed by atoms with Crippen LogP contribution < -0.4 is 5.73 Å². The molecule has 0 radical (unpaired) electrons. The molecule has 1 aliphatic carbocycles. The third-order valence-electron chi connectivity index (χ3n) is 4.67. The zero-order chi connectivity index (χ0) is 12.1. The van der Waals surface area contributed by atoms with Gasteiger partial charge in [0.25, 0.3) is 0 Å². The highest BCUT2D eigenvalue weighted by Crippen LogP contribution is 2.31. The van der Waals surface area contributed by atoms with Crippen LogP contribution in [0.5, 0.6) is 0 Å². The highest BCUT2D eigenvalue weighted by molar-refractivity contribution is 7.99. The van der Waals surface area contributed by atoms with E-state index in [-0.39, 0.29) is 0 Å². The van der Waals surface area contributed by atoms with Gasteiger partial charge in [-0.15, -0.1) is 0 Å². The van der Waals surface area contributed by atoms with Crippen molar-refractivity contribution in [2.45, 2.75) is 57.0 Å². The van der Waals surface area contributed by atoms with Crippen molar-refractivity contribution < 1.29 is 0 Å². The van der Waals surface area contributed by atoms with Crippen molar-refractivity contribution in [1.82, 2.24) is 4.90 Å². The van der Waals surface area contributed by atoms with Gasteiger partial charge >= 0.3 is 0 Å². The Labute approximate surface area is 111 Å². The monoisotopic (exact) mass is 256 g/mol. The van der Waals surface area contributed by atoms with Crippen molar-refractivity contribution in [3.63, 3.8) is 0 Å². The van der Waals surface area contributed by atoms with Crippen LogP contribution in [0, 0.1) is 5.92 Å². The minimum atomic E-state index is 0.632. The van der Waals surface area contributed by atoms with Gasteiger partial charge in [-0.3, -0.25) is 4.90 Å². The van der Waals surface area contributed by atoms with Crippen molar-refractivity contribution in [2.75, 3.05) is 25.1 Å². The van der Waals surface area contributed by atoms with Crippen LogP contribution in [0.3, 0.4) is 0 Å². The van der Waals surface area contributed by atoms with Crippen LogP contribution in [0.25, 0.3) is 0 Å². The first-order valence-corrected chi connectivity index (χ1v) is 8.48. The average molecular weight is 256 g/mol. The second-order valence-corrected chi connectivity index (χ2v) is 6.89. The van der Waals surface area contributed by atoms with Gasteiger partial charge in [0, 0.05) is 18.6 Å². The van der Waals surface area contributed by atoms with Gasteiger partial charge in [-0.1, -0.05) is 25.7 Å². The molecule has 3 heteroatoms. The maximum absolute atomic E-state index is 6.05. The van der Waals surface area contributed by atoms with Gasteiger partial charge in [-0.05, 0) is 43.7 Å². The Morgan fingerprint density at radius 2 is 1.88 bits per heavy atom. The minimum absolute atomic E-state index is 0.632. The zero-order valence-corrected chi connectivity index (χ0v) is 12.1. The van der Waals surface area contributed by atoms with Gasteiger partial charge in [0.05, 0.1) is 0 Å². The average Bonchev–Trinajstić information content (AvgIpc) is 2.72. The lowest BCUT2D eigenvalue weighted by Gasteiger charge is -2.37. The Bertz CT molecular complexity index is 208. The van der Waals surface area contributed by atoms with Crippen LogP contribution in [-0.4, -0.2) is 42.1 Å². The normalized spacial score (nSPS) is 29.5. The molecule has 1 saturated heterocycles. The summed E-state index contributed by atoms with van der Waals surface area (Å²) >= 11 is 2.11. The molecule has 2 aliphatic rings. The maximum Gasteiger partial charge on any atom is 0.0254 e. The number of hydrogen-bond acceptors (Lipinski definition) is 3. The van der Waals surface area contributed by atoms with E-state index in [1.165, 1.54) is 56.5 Å². The summed E-state index contributed by atoms with van der Waals surface area (Å²) in [5.41, 5.74) is 6.05. The van der Waals surface area contributed by atoms with Gasteiger partial charge in [0.15, 0.2) is 0 Å². The topological polar surface area (TPSA) is 29.3 Å². The second-order valence-electron chi connectivity index (χ2n) is 5.74. The van der Waals surface area contributed by atoms with Crippen molar-refractivity contribution in [1.29, 1.82) is 0 Å². The first-order chi connectivity index (χ1) is 8.33. The van der Waals surface area contributed by atoms with E-state index in [0.717, 1.165) is 18.5 Å². The highest BCUT2D eigenvalue weighted by Gasteiger charge is 2.30. The molecule has 1 heterocycles. The van der Waals surface area contributed by atoms with Crippen LogP contribution in [0.15, 0.2) is 0 Å². The van der Waals surface area contributed by atoms with E-state index >= 15 is 0 Å². The minimum Gasteiger partial charge on any atom is -0.329 e. The molecule has 0 amide bonds. The number of thioether (sulfide) groups is 1. The van der Waals surface area contributed by atoms with Crippen molar-refractivity contribution in [2.24, 2.45) is 11.7 Å². The van der Waals surface area contributed by atoms with Crippen LogP contribution in [0.2, 0.25) is 0 Å². The van der Waals surface area contributed by atoms with Gasteiger partial charge in [-0.2, -0.15) is 11.8 Å². The smallest absolute Gasteiger partial charge is 0.0254 e. The van der Waals surface area contributed by atoms with E-state index in [0.29, 0.717) is 6.04 Å². The highest BCUT2D eigenvalue weighted by atomic mass is 32.2. The Balaban J connectivity index is 1.92. The van der Waals surface area contributed by atoms with Gasteiger partial charge in [0.2, 0.25) is 0 Å². The lowest BCUT2D eigenvalue weighted by Crippen LogP contribution is -2.48. The van der Waals surface area contributed by atoms with Crippen LogP contribution >= 0.6 is 11.8 Å². The second kappa shape index (κ2) is 7.01. The summed E-state index contributed by atoms with van der Waals surface area (Å²) in [6.45, 7) is 0.845. The van der Waals surface area contributed by atoms with E-state index in [9.17, 15) is 0 Å². The fourth-order valence-corrected chi connectivity index (χ4v) is 4.81. The molecule has 2 unspecified atom stereocenters. The molecule has 0 spiro atoms. The van der Waals surface area contributed by atoms with Gasteiger partial charge in [-0.25, -0.2) is 0 Å². The third kappa shape index (κ3) is 3.62. The van der Waals surface area contributed by atoms with E-state index < -0.39 is 0 Å². The standard InChI is InChI=1S/C14H28N2S/c1-16(13-6-4-2-3-5-7-13)14(10-15)12-8-9-17-11-12/h12-14H,2-11,15H2,1H3. The predicted octanol–water partition coefficient (Wildman–Crippen LogP) is 2.72. The first kappa shape index (κ1) is 13.7. The van der Waals surface area contributed by atoms with Crippen LogP contribution in [-0.2, 0) is 0 Å². The van der Waals surface area contributed by atoms with E-state index in [2.05, 4.69) is 23.7 Å². The number of hydrogen-bond donors (Lipinski definition) is 1. The van der Waals surface area contributed by atoms with Crippen molar-refractivity contribution >= 4 is 11.8 Å². The molecule has 2 nitrogen and oxygen atoms in total. The largest absolute Gasteiger partial charge is 0.329 e. The SMILES string of the molecule is CN(C1CCCCCC1)C(CN)C1CCSC1. The molecule has 1 aliphatic heterocycles. The summed E-state index contributed by atoms with van der Waals surface area (Å²) in [5.74, 6) is 3.52. The molecule has 0 aromatic heterocycles. The van der Waals surface area contributed by atoms with Crippen molar-refractivity contribution in [3.05, 3.63) is 0 Å². The molecule has 0 aromatic carbocycles. The maximum atomic E-state index is 6.05. The predicted molar refractivity (Wildman–Crippen MR) is 77.5 cm³/mol. The third-order valence-corrected chi connectivity index (χ3v) is 5.86. The lowest BCUT2D eigenvalue weighted by atomic mass is 9.95. The molecule has 1 saturated carbocycles. The summed E-state index contributed by atoms with van der Waals surface area (Å²) in [6.07, 6.45) is 9.90. The summed E-state index contributed by atoms with van der Waals surface area (Å²) in [5, 5.41) is 0. The lowest BCUT2D eigenvalue weighted by molar-refractivity contribution is 0.124. The molecule has 0 bridgehead atoms. The Hall–Kier alpha value is 0.270. The summed E-state index contributed by atoms with van der Waals surface area (Å²) < 4.78 is 0. The fourth-order valence-electron chi connectivity index (χ4n) is 3.48. The van der Waals surface area contributed by atoms with Crippen LogP contribution in [0.1, 0.15) is 44.9 Å². The van der Waals surface area contributed by atoms with E-state index in [4.69, 9.17) is 5.73 Å². The van der Waals surface area contributed by atoms with E-state index in [1.54, 1.807) is 0 Å². The Morgan fingerprint density at radius 1 is 1.18 bits per heavy atom. The number of likely N-dealkylation sites (N-methyl/N-ethyl adjacent to an activating group) is 1. The molecule has 2 rings (SSSR count). The zero-order valence-electron chi connectivity index (χ0n) is 11.2. The van der Waals surface area contributed by atoms with E-state index in [1.807, 2.05) is 0 Å². The number of rotatable bonds is 4. The molecular formula is C14H28N2S. The van der Waals surface area contributed by atoms with Crippen LogP contribution in [0.4, 0.5) is 0 Å². The quantitative estimate of drug-likeness (QED) is 0.784. The molecule has 2 N–H and O–H groups in total. The molecule has 17 heavy (non-hydrogen) atoms. The summed E-state index contributed by atoms with van der Waals surface area (Å²) in [6, 6.07) is 1.43. The molecule has 0 aromatic rings. The number of nitrogens with zero attached hydrogens (tertiary/aromatic N) is 1. The molecule has 100 valence electrons. The van der Waals surface area contributed by atoms with Crippen molar-refractivity contribution in [3.8, 4) is 0 Å².